The maximum atomic E-state index is 13.9. The van der Waals surface area contributed by atoms with Gasteiger partial charge < -0.3 is 19.6 Å². The Morgan fingerprint density at radius 2 is 1.81 bits per heavy atom. The van der Waals surface area contributed by atoms with Crippen LogP contribution < -0.4 is 9.47 Å². The van der Waals surface area contributed by atoms with Gasteiger partial charge in [-0.25, -0.2) is 18.6 Å². The van der Waals surface area contributed by atoms with Gasteiger partial charge in [-0.05, 0) is 55.0 Å². The number of fused-ring (bicyclic) bond motifs is 1. The highest BCUT2D eigenvalue weighted by molar-refractivity contribution is 5.88. The number of carboxylic acids is 1. The maximum Gasteiger partial charge on any atom is 0.335 e. The third-order valence-electron chi connectivity index (χ3n) is 4.64. The zero-order chi connectivity index (χ0) is 22.0. The average molecular weight is 424 g/mol. The van der Waals surface area contributed by atoms with Gasteiger partial charge in [0.2, 0.25) is 0 Å². The standard InChI is InChI=1S/C23H18F2N2O4/c1-13-2-6-18-19(8-13)27-22(26-18)12-31-20-7-4-14(23(28)29)9-21(20)30-11-15-3-5-16(24)10-17(15)25/h2-10H,11-12H2,1H3,(H,26,27)(H,28,29). The zero-order valence-electron chi connectivity index (χ0n) is 16.5. The molecule has 0 unspecified atom stereocenters. The topological polar surface area (TPSA) is 84.4 Å². The fourth-order valence-corrected chi connectivity index (χ4v) is 3.06. The SMILES string of the molecule is Cc1ccc2nc(COc3ccc(C(=O)O)cc3OCc3ccc(F)cc3F)[nH]c2c1. The van der Waals surface area contributed by atoms with E-state index in [4.69, 9.17) is 9.47 Å². The minimum atomic E-state index is -1.14. The molecule has 0 bridgehead atoms. The molecule has 4 rings (SSSR count). The minimum Gasteiger partial charge on any atom is -0.485 e. The van der Waals surface area contributed by atoms with Crippen molar-refractivity contribution in [3.63, 3.8) is 0 Å². The highest BCUT2D eigenvalue weighted by Crippen LogP contribution is 2.30. The molecule has 0 aliphatic rings. The second-order valence-corrected chi connectivity index (χ2v) is 6.98. The van der Waals surface area contributed by atoms with E-state index in [1.165, 1.54) is 24.3 Å². The van der Waals surface area contributed by atoms with Gasteiger partial charge in [-0.15, -0.1) is 0 Å². The van der Waals surface area contributed by atoms with Gasteiger partial charge in [-0.1, -0.05) is 6.07 Å². The molecule has 31 heavy (non-hydrogen) atoms. The molecule has 0 atom stereocenters. The number of imidazole rings is 1. The van der Waals surface area contributed by atoms with E-state index in [1.54, 1.807) is 0 Å². The Labute approximate surface area is 176 Å². The number of hydrogen-bond donors (Lipinski definition) is 2. The molecule has 0 saturated carbocycles. The smallest absolute Gasteiger partial charge is 0.335 e. The predicted molar refractivity (Wildman–Crippen MR) is 109 cm³/mol. The fraction of sp³-hybridized carbons (Fsp3) is 0.130. The van der Waals surface area contributed by atoms with E-state index in [1.807, 2.05) is 25.1 Å². The Morgan fingerprint density at radius 1 is 1.00 bits per heavy atom. The molecule has 4 aromatic rings. The number of nitrogens with one attached hydrogen (secondary N) is 1. The van der Waals surface area contributed by atoms with Crippen LogP contribution in [0.2, 0.25) is 0 Å². The van der Waals surface area contributed by atoms with Crippen molar-refractivity contribution in [2.45, 2.75) is 20.1 Å². The van der Waals surface area contributed by atoms with Crippen LogP contribution in [0.4, 0.5) is 8.78 Å². The van der Waals surface area contributed by atoms with E-state index >= 15 is 0 Å². The van der Waals surface area contributed by atoms with Crippen molar-refractivity contribution in [3.05, 3.63) is 88.7 Å². The van der Waals surface area contributed by atoms with Gasteiger partial charge in [0.25, 0.3) is 0 Å². The molecule has 0 spiro atoms. The average Bonchev–Trinajstić information content (AvgIpc) is 3.13. The first kappa shape index (κ1) is 20.3. The number of nitrogens with zero attached hydrogens (tertiary/aromatic N) is 1. The van der Waals surface area contributed by atoms with Gasteiger partial charge in [-0.2, -0.15) is 0 Å². The predicted octanol–water partition coefficient (Wildman–Crippen LogP) is 5.01. The van der Waals surface area contributed by atoms with E-state index in [9.17, 15) is 18.7 Å². The normalized spacial score (nSPS) is 10.9. The number of H-pyrrole nitrogens is 1. The van der Waals surface area contributed by atoms with Gasteiger partial charge in [0.15, 0.2) is 11.5 Å². The Bertz CT molecular complexity index is 1270. The molecule has 0 amide bonds. The number of halogens is 2. The lowest BCUT2D eigenvalue weighted by atomic mass is 10.2. The Kier molecular flexibility index (Phi) is 5.53. The minimum absolute atomic E-state index is 0.0128. The summed E-state index contributed by atoms with van der Waals surface area (Å²) in [6.07, 6.45) is 0. The van der Waals surface area contributed by atoms with E-state index in [0.717, 1.165) is 28.7 Å². The molecular formula is C23H18F2N2O4. The molecule has 8 heteroatoms. The van der Waals surface area contributed by atoms with Crippen LogP contribution in [0.5, 0.6) is 11.5 Å². The molecule has 0 saturated heterocycles. The molecular weight excluding hydrogens is 406 g/mol. The van der Waals surface area contributed by atoms with Crippen molar-refractivity contribution in [1.82, 2.24) is 9.97 Å². The van der Waals surface area contributed by atoms with Crippen LogP contribution in [-0.2, 0) is 13.2 Å². The van der Waals surface area contributed by atoms with Gasteiger partial charge >= 0.3 is 5.97 Å². The number of carbonyl (C=O) groups is 1. The number of carboxylic acid groups (broad SMARTS) is 1. The van der Waals surface area contributed by atoms with E-state index in [2.05, 4.69) is 9.97 Å². The number of aryl methyl sites for hydroxylation is 1. The molecule has 0 fully saturated rings. The molecule has 0 aliphatic carbocycles. The van der Waals surface area contributed by atoms with E-state index in [-0.39, 0.29) is 35.8 Å². The summed E-state index contributed by atoms with van der Waals surface area (Å²) in [7, 11) is 0. The third-order valence-corrected chi connectivity index (χ3v) is 4.64. The summed E-state index contributed by atoms with van der Waals surface area (Å²) >= 11 is 0. The van der Waals surface area contributed by atoms with Gasteiger partial charge in [0, 0.05) is 11.6 Å². The van der Waals surface area contributed by atoms with E-state index in [0.29, 0.717) is 5.82 Å². The van der Waals surface area contributed by atoms with Crippen LogP contribution in [0.25, 0.3) is 11.0 Å². The van der Waals surface area contributed by atoms with Crippen LogP contribution in [-0.4, -0.2) is 21.0 Å². The summed E-state index contributed by atoms with van der Waals surface area (Å²) in [5.41, 5.74) is 2.88. The molecule has 158 valence electrons. The van der Waals surface area contributed by atoms with Crippen molar-refractivity contribution in [2.24, 2.45) is 0 Å². The first-order valence-electron chi connectivity index (χ1n) is 9.41. The van der Waals surface area contributed by atoms with Crippen molar-refractivity contribution in [1.29, 1.82) is 0 Å². The lowest BCUT2D eigenvalue weighted by Gasteiger charge is -2.13. The van der Waals surface area contributed by atoms with Crippen molar-refractivity contribution in [3.8, 4) is 11.5 Å². The number of aromatic carboxylic acids is 1. The first-order chi connectivity index (χ1) is 14.9. The van der Waals surface area contributed by atoms with Crippen molar-refractivity contribution < 1.29 is 28.2 Å². The Morgan fingerprint density at radius 3 is 2.58 bits per heavy atom. The lowest BCUT2D eigenvalue weighted by Crippen LogP contribution is -2.05. The Hall–Kier alpha value is -3.94. The molecule has 3 aromatic carbocycles. The Balaban J connectivity index is 1.54. The summed E-state index contributed by atoms with van der Waals surface area (Å²) in [4.78, 5) is 19.0. The third kappa shape index (κ3) is 4.63. The van der Waals surface area contributed by atoms with Crippen LogP contribution in [0.15, 0.2) is 54.6 Å². The molecule has 1 aromatic heterocycles. The van der Waals surface area contributed by atoms with E-state index < -0.39 is 17.6 Å². The van der Waals surface area contributed by atoms with Crippen LogP contribution in [0.3, 0.4) is 0 Å². The largest absolute Gasteiger partial charge is 0.485 e. The number of aromatic nitrogens is 2. The van der Waals surface area contributed by atoms with Crippen molar-refractivity contribution >= 4 is 17.0 Å². The van der Waals surface area contributed by atoms with Crippen LogP contribution >= 0.6 is 0 Å². The van der Waals surface area contributed by atoms with Crippen molar-refractivity contribution in [2.75, 3.05) is 0 Å². The van der Waals surface area contributed by atoms with Gasteiger partial charge in [0.05, 0.1) is 16.6 Å². The first-order valence-corrected chi connectivity index (χ1v) is 9.41. The highest BCUT2D eigenvalue weighted by Gasteiger charge is 2.14. The van der Waals surface area contributed by atoms with Gasteiger partial charge in [-0.3, -0.25) is 0 Å². The summed E-state index contributed by atoms with van der Waals surface area (Å²) in [6.45, 7) is 1.84. The summed E-state index contributed by atoms with van der Waals surface area (Å²) in [6, 6.07) is 13.1. The molecule has 6 nitrogen and oxygen atoms in total. The molecule has 2 N–H and O–H groups in total. The summed E-state index contributed by atoms with van der Waals surface area (Å²) in [5.74, 6) is -1.62. The lowest BCUT2D eigenvalue weighted by molar-refractivity contribution is 0.0696. The number of hydrogen-bond acceptors (Lipinski definition) is 4. The second-order valence-electron chi connectivity index (χ2n) is 6.98. The second kappa shape index (κ2) is 8.43. The number of benzene rings is 3. The number of ether oxygens (including phenoxy) is 2. The van der Waals surface area contributed by atoms with Gasteiger partial charge in [0.1, 0.15) is 30.7 Å². The molecule has 1 heterocycles. The summed E-state index contributed by atoms with van der Waals surface area (Å²) < 4.78 is 38.4. The zero-order valence-corrected chi connectivity index (χ0v) is 16.5. The molecule has 0 radical (unpaired) electrons. The quantitative estimate of drug-likeness (QED) is 0.436. The summed E-state index contributed by atoms with van der Waals surface area (Å²) in [5, 5.41) is 9.26. The van der Waals surface area contributed by atoms with Crippen LogP contribution in [0, 0.1) is 18.6 Å². The number of aromatic amines is 1. The number of rotatable bonds is 7. The fourth-order valence-electron chi connectivity index (χ4n) is 3.06. The monoisotopic (exact) mass is 424 g/mol. The molecule has 0 aliphatic heterocycles. The highest BCUT2D eigenvalue weighted by atomic mass is 19.1. The maximum absolute atomic E-state index is 13.9. The van der Waals surface area contributed by atoms with Crippen LogP contribution in [0.1, 0.15) is 27.3 Å².